The number of nitrogens with zero attached hydrogens (tertiary/aromatic N) is 1. The Morgan fingerprint density at radius 1 is 1.38 bits per heavy atom. The van der Waals surface area contributed by atoms with Gasteiger partial charge in [-0.3, -0.25) is 0 Å². The molecule has 1 aliphatic rings. The molecule has 1 aromatic rings. The van der Waals surface area contributed by atoms with Gasteiger partial charge in [-0.2, -0.15) is 11.8 Å². The summed E-state index contributed by atoms with van der Waals surface area (Å²) in [6.07, 6.45) is 2.07. The number of thioether (sulfide) groups is 1. The average Bonchev–Trinajstić information content (AvgIpc) is 2.54. The summed E-state index contributed by atoms with van der Waals surface area (Å²) in [5.41, 5.74) is 6.53. The van der Waals surface area contributed by atoms with Crippen LogP contribution < -0.4 is 5.73 Å². The Morgan fingerprint density at radius 3 is 2.95 bits per heavy atom. The molecule has 0 saturated carbocycles. The second-order valence-corrected chi connectivity index (χ2v) is 6.51. The smallest absolute Gasteiger partial charge is 0.410 e. The molecule has 5 heteroatoms. The number of rotatable bonds is 6. The van der Waals surface area contributed by atoms with Crippen LogP contribution in [0.3, 0.4) is 0 Å². The minimum absolute atomic E-state index is 0.188. The number of ether oxygens (including phenoxy) is 1. The van der Waals surface area contributed by atoms with Gasteiger partial charge in [-0.15, -0.1) is 0 Å². The van der Waals surface area contributed by atoms with Crippen LogP contribution in [-0.4, -0.2) is 42.1 Å². The van der Waals surface area contributed by atoms with Gasteiger partial charge in [0.15, 0.2) is 0 Å². The first-order chi connectivity index (χ1) is 10.3. The molecule has 0 spiro atoms. The van der Waals surface area contributed by atoms with Crippen molar-refractivity contribution in [2.45, 2.75) is 19.4 Å². The van der Waals surface area contributed by atoms with Crippen molar-refractivity contribution >= 4 is 17.9 Å². The molecule has 0 aromatic heterocycles. The van der Waals surface area contributed by atoms with Gasteiger partial charge in [-0.25, -0.2) is 4.79 Å². The van der Waals surface area contributed by atoms with Crippen molar-refractivity contribution in [3.63, 3.8) is 0 Å². The summed E-state index contributed by atoms with van der Waals surface area (Å²) in [5, 5.41) is 0. The third-order valence-electron chi connectivity index (χ3n) is 3.60. The molecule has 1 atom stereocenters. The number of benzene rings is 1. The van der Waals surface area contributed by atoms with Crippen LogP contribution in [0.5, 0.6) is 0 Å². The molecule has 1 fully saturated rings. The van der Waals surface area contributed by atoms with E-state index in [1.807, 2.05) is 47.0 Å². The molecule has 2 N–H and O–H groups in total. The summed E-state index contributed by atoms with van der Waals surface area (Å²) >= 11 is 1.88. The van der Waals surface area contributed by atoms with Crippen molar-refractivity contribution < 1.29 is 9.53 Å². The van der Waals surface area contributed by atoms with Crippen LogP contribution in [0.2, 0.25) is 0 Å². The Hall–Kier alpha value is -1.20. The predicted octanol–water partition coefficient (Wildman–Crippen LogP) is 2.73. The molecule has 1 amide bonds. The minimum atomic E-state index is -0.188. The predicted molar refractivity (Wildman–Crippen MR) is 87.3 cm³/mol. The fourth-order valence-electron chi connectivity index (χ4n) is 2.51. The van der Waals surface area contributed by atoms with E-state index in [1.54, 1.807) is 0 Å². The van der Waals surface area contributed by atoms with Crippen LogP contribution in [0, 0.1) is 5.92 Å². The third-order valence-corrected chi connectivity index (χ3v) is 4.83. The molecule has 21 heavy (non-hydrogen) atoms. The van der Waals surface area contributed by atoms with E-state index in [2.05, 4.69) is 0 Å². The van der Waals surface area contributed by atoms with E-state index in [-0.39, 0.29) is 6.09 Å². The fourth-order valence-corrected chi connectivity index (χ4v) is 3.45. The molecule has 1 aliphatic heterocycles. The Balaban J connectivity index is 1.74. The zero-order valence-electron chi connectivity index (χ0n) is 12.4. The largest absolute Gasteiger partial charge is 0.445 e. The van der Waals surface area contributed by atoms with Gasteiger partial charge in [0, 0.05) is 25.4 Å². The molecule has 0 aliphatic carbocycles. The first kappa shape index (κ1) is 16.2. The number of nitrogens with two attached hydrogens (primary N) is 1. The molecule has 0 bridgehead atoms. The van der Waals surface area contributed by atoms with Gasteiger partial charge in [-0.05, 0) is 30.1 Å². The lowest BCUT2D eigenvalue weighted by atomic mass is 10.0. The van der Waals surface area contributed by atoms with Gasteiger partial charge in [-0.1, -0.05) is 30.3 Å². The molecule has 1 saturated heterocycles. The molecule has 4 nitrogen and oxygen atoms in total. The third kappa shape index (κ3) is 5.59. The van der Waals surface area contributed by atoms with Crippen LogP contribution >= 0.6 is 11.8 Å². The SMILES string of the molecule is NCCSCC1CCCN(C(=O)OCc2ccccc2)C1. The van der Waals surface area contributed by atoms with Crippen molar-refractivity contribution in [1.29, 1.82) is 0 Å². The highest BCUT2D eigenvalue weighted by Gasteiger charge is 2.24. The molecule has 0 radical (unpaired) electrons. The van der Waals surface area contributed by atoms with Gasteiger partial charge in [0.05, 0.1) is 0 Å². The Bertz CT molecular complexity index is 428. The van der Waals surface area contributed by atoms with Gasteiger partial charge in [0.25, 0.3) is 0 Å². The zero-order chi connectivity index (χ0) is 14.9. The second kappa shape index (κ2) is 8.95. The van der Waals surface area contributed by atoms with E-state index in [9.17, 15) is 4.79 Å². The summed E-state index contributed by atoms with van der Waals surface area (Å²) in [6.45, 7) is 2.69. The Kier molecular flexibility index (Phi) is 6.89. The summed E-state index contributed by atoms with van der Waals surface area (Å²) < 4.78 is 5.40. The molecule has 1 aromatic carbocycles. The van der Waals surface area contributed by atoms with Gasteiger partial charge in [0.2, 0.25) is 0 Å². The van der Waals surface area contributed by atoms with Crippen molar-refractivity contribution in [1.82, 2.24) is 4.90 Å². The van der Waals surface area contributed by atoms with E-state index in [4.69, 9.17) is 10.5 Å². The molecule has 1 unspecified atom stereocenters. The number of likely N-dealkylation sites (tertiary alicyclic amines) is 1. The number of hydrogen-bond donors (Lipinski definition) is 1. The summed E-state index contributed by atoms with van der Waals surface area (Å²) in [5.74, 6) is 2.65. The molecule has 2 rings (SSSR count). The second-order valence-electron chi connectivity index (χ2n) is 5.36. The van der Waals surface area contributed by atoms with Crippen molar-refractivity contribution in [2.75, 3.05) is 31.1 Å². The Morgan fingerprint density at radius 2 is 2.19 bits per heavy atom. The van der Waals surface area contributed by atoms with Crippen LogP contribution in [0.1, 0.15) is 18.4 Å². The number of hydrogen-bond acceptors (Lipinski definition) is 4. The maximum atomic E-state index is 12.1. The lowest BCUT2D eigenvalue weighted by Crippen LogP contribution is -2.40. The quantitative estimate of drug-likeness (QED) is 0.821. The molecular weight excluding hydrogens is 284 g/mol. The zero-order valence-corrected chi connectivity index (χ0v) is 13.2. The van der Waals surface area contributed by atoms with Crippen LogP contribution in [-0.2, 0) is 11.3 Å². The summed E-state index contributed by atoms with van der Waals surface area (Å²) in [6, 6.07) is 9.80. The topological polar surface area (TPSA) is 55.6 Å². The normalized spacial score (nSPS) is 18.5. The lowest BCUT2D eigenvalue weighted by Gasteiger charge is -2.31. The van der Waals surface area contributed by atoms with E-state index >= 15 is 0 Å². The van der Waals surface area contributed by atoms with E-state index in [0.717, 1.165) is 43.1 Å². The van der Waals surface area contributed by atoms with E-state index in [0.29, 0.717) is 12.5 Å². The van der Waals surface area contributed by atoms with Crippen LogP contribution in [0.15, 0.2) is 30.3 Å². The molecule has 1 heterocycles. The summed E-state index contributed by atoms with van der Waals surface area (Å²) in [7, 11) is 0. The highest BCUT2D eigenvalue weighted by molar-refractivity contribution is 7.99. The first-order valence-electron chi connectivity index (χ1n) is 7.53. The van der Waals surface area contributed by atoms with E-state index < -0.39 is 0 Å². The minimum Gasteiger partial charge on any atom is -0.445 e. The van der Waals surface area contributed by atoms with Crippen molar-refractivity contribution in [3.05, 3.63) is 35.9 Å². The van der Waals surface area contributed by atoms with Crippen LogP contribution in [0.4, 0.5) is 4.79 Å². The van der Waals surface area contributed by atoms with Crippen molar-refractivity contribution in [3.8, 4) is 0 Å². The monoisotopic (exact) mass is 308 g/mol. The van der Waals surface area contributed by atoms with E-state index in [1.165, 1.54) is 6.42 Å². The lowest BCUT2D eigenvalue weighted by molar-refractivity contribution is 0.0815. The standard InChI is InChI=1S/C16H24N2O2S/c17-8-10-21-13-15-7-4-9-18(11-15)16(19)20-12-14-5-2-1-3-6-14/h1-3,5-6,15H,4,7-13,17H2. The fraction of sp³-hybridized carbons (Fsp3) is 0.562. The summed E-state index contributed by atoms with van der Waals surface area (Å²) in [4.78, 5) is 14.0. The number of carbonyl (C=O) groups is 1. The highest BCUT2D eigenvalue weighted by atomic mass is 32.2. The van der Waals surface area contributed by atoms with Crippen LogP contribution in [0.25, 0.3) is 0 Å². The highest BCUT2D eigenvalue weighted by Crippen LogP contribution is 2.21. The number of amides is 1. The van der Waals surface area contributed by atoms with Gasteiger partial charge >= 0.3 is 6.09 Å². The maximum absolute atomic E-state index is 12.1. The Labute approximate surface area is 131 Å². The maximum Gasteiger partial charge on any atom is 0.410 e. The number of piperidine rings is 1. The molecular formula is C16H24N2O2S. The average molecular weight is 308 g/mol. The van der Waals surface area contributed by atoms with Crippen molar-refractivity contribution in [2.24, 2.45) is 11.7 Å². The first-order valence-corrected chi connectivity index (χ1v) is 8.68. The molecule has 116 valence electrons. The van der Waals surface area contributed by atoms with Gasteiger partial charge in [0.1, 0.15) is 6.61 Å². The van der Waals surface area contributed by atoms with Gasteiger partial charge < -0.3 is 15.4 Å². The number of carbonyl (C=O) groups excluding carboxylic acids is 1.